The molecule has 2 heteroatoms. The summed E-state index contributed by atoms with van der Waals surface area (Å²) < 4.78 is 0. The highest BCUT2D eigenvalue weighted by molar-refractivity contribution is 5.84. The molecule has 2 nitrogen and oxygen atoms in total. The van der Waals surface area contributed by atoms with Crippen LogP contribution in [0.4, 0.5) is 0 Å². The van der Waals surface area contributed by atoms with Crippen LogP contribution in [-0.4, -0.2) is 16.2 Å². The molecule has 1 aromatic carbocycles. The lowest BCUT2D eigenvalue weighted by molar-refractivity contribution is 0.170. The Labute approximate surface area is 89.6 Å². The van der Waals surface area contributed by atoms with Crippen molar-refractivity contribution in [1.29, 1.82) is 0 Å². The van der Waals surface area contributed by atoms with Gasteiger partial charge in [0, 0.05) is 18.0 Å². The Kier molecular flexibility index (Phi) is 2.97. The van der Waals surface area contributed by atoms with E-state index in [4.69, 9.17) is 0 Å². The predicted octanol–water partition coefficient (Wildman–Crippen LogP) is 2.55. The Balaban J connectivity index is 2.42. The van der Waals surface area contributed by atoms with Crippen LogP contribution in [0.5, 0.6) is 0 Å². The van der Waals surface area contributed by atoms with Gasteiger partial charge < -0.3 is 5.11 Å². The molecule has 1 heterocycles. The summed E-state index contributed by atoms with van der Waals surface area (Å²) in [7, 11) is 0. The van der Waals surface area contributed by atoms with Gasteiger partial charge >= 0.3 is 0 Å². The number of aromatic nitrogens is 1. The van der Waals surface area contributed by atoms with Gasteiger partial charge in [-0.05, 0) is 17.9 Å². The van der Waals surface area contributed by atoms with E-state index in [1.807, 2.05) is 25.1 Å². The van der Waals surface area contributed by atoms with E-state index in [1.165, 1.54) is 5.39 Å². The maximum atomic E-state index is 9.63. The van der Waals surface area contributed by atoms with Crippen LogP contribution in [0.2, 0.25) is 0 Å². The lowest BCUT2D eigenvalue weighted by Gasteiger charge is -2.09. The first-order valence-electron chi connectivity index (χ1n) is 5.32. The minimum atomic E-state index is -0.289. The Morgan fingerprint density at radius 2 is 2.07 bits per heavy atom. The Morgan fingerprint density at radius 1 is 1.27 bits per heavy atom. The molecule has 0 saturated heterocycles. The topological polar surface area (TPSA) is 33.1 Å². The predicted molar refractivity (Wildman–Crippen MR) is 61.7 cm³/mol. The molecular formula is C13H15NO. The Bertz CT molecular complexity index is 448. The molecule has 0 saturated carbocycles. The zero-order chi connectivity index (χ0) is 10.7. The minimum absolute atomic E-state index is 0.289. The quantitative estimate of drug-likeness (QED) is 0.827. The molecule has 0 bridgehead atoms. The number of pyridine rings is 1. The molecule has 1 N–H and O–H groups in total. The largest absolute Gasteiger partial charge is 0.393 e. The van der Waals surface area contributed by atoms with Gasteiger partial charge in [0.05, 0.1) is 11.8 Å². The van der Waals surface area contributed by atoms with E-state index < -0.39 is 0 Å². The molecule has 0 radical (unpaired) electrons. The van der Waals surface area contributed by atoms with Crippen molar-refractivity contribution in [3.05, 3.63) is 42.2 Å². The van der Waals surface area contributed by atoms with Crippen LogP contribution in [0.15, 0.2) is 36.5 Å². The monoisotopic (exact) mass is 201 g/mol. The van der Waals surface area contributed by atoms with Crippen LogP contribution in [0, 0.1) is 0 Å². The normalized spacial score (nSPS) is 12.9. The summed E-state index contributed by atoms with van der Waals surface area (Å²) in [6, 6.07) is 10.1. The van der Waals surface area contributed by atoms with Crippen molar-refractivity contribution in [2.24, 2.45) is 0 Å². The van der Waals surface area contributed by atoms with Crippen LogP contribution >= 0.6 is 0 Å². The molecule has 1 aromatic heterocycles. The lowest BCUT2D eigenvalue weighted by Crippen LogP contribution is -2.09. The molecule has 0 spiro atoms. The number of aliphatic hydroxyl groups is 1. The van der Waals surface area contributed by atoms with Crippen molar-refractivity contribution >= 4 is 10.8 Å². The van der Waals surface area contributed by atoms with Crippen LogP contribution < -0.4 is 0 Å². The average Bonchev–Trinajstić information content (AvgIpc) is 2.29. The molecule has 1 unspecified atom stereocenters. The molecule has 0 aliphatic rings. The molecule has 78 valence electrons. The van der Waals surface area contributed by atoms with Crippen LogP contribution in [0.3, 0.4) is 0 Å². The van der Waals surface area contributed by atoms with E-state index in [9.17, 15) is 5.11 Å². The van der Waals surface area contributed by atoms with Crippen LogP contribution in [0.25, 0.3) is 10.8 Å². The maximum absolute atomic E-state index is 9.63. The Hall–Kier alpha value is -1.41. The van der Waals surface area contributed by atoms with Gasteiger partial charge in [0.25, 0.3) is 0 Å². The number of aliphatic hydroxyl groups excluding tert-OH is 1. The van der Waals surface area contributed by atoms with Crippen molar-refractivity contribution in [3.8, 4) is 0 Å². The highest BCUT2D eigenvalue weighted by atomic mass is 16.3. The van der Waals surface area contributed by atoms with E-state index in [0.29, 0.717) is 6.42 Å². The first kappa shape index (κ1) is 10.1. The lowest BCUT2D eigenvalue weighted by atomic mass is 10.0. The molecule has 1 atom stereocenters. The van der Waals surface area contributed by atoms with E-state index in [0.717, 1.165) is 17.5 Å². The van der Waals surface area contributed by atoms with E-state index >= 15 is 0 Å². The highest BCUT2D eigenvalue weighted by Crippen LogP contribution is 2.17. The first-order chi connectivity index (χ1) is 7.31. The summed E-state index contributed by atoms with van der Waals surface area (Å²) in [6.45, 7) is 1.98. The van der Waals surface area contributed by atoms with Gasteiger partial charge in [-0.15, -0.1) is 0 Å². The number of hydrogen-bond donors (Lipinski definition) is 1. The van der Waals surface area contributed by atoms with E-state index in [1.54, 1.807) is 6.20 Å². The summed E-state index contributed by atoms with van der Waals surface area (Å²) >= 11 is 0. The van der Waals surface area contributed by atoms with Crippen molar-refractivity contribution in [2.45, 2.75) is 25.9 Å². The summed E-state index contributed by atoms with van der Waals surface area (Å²) in [5.41, 5.74) is 0.988. The molecular weight excluding hydrogens is 186 g/mol. The van der Waals surface area contributed by atoms with Crippen molar-refractivity contribution in [2.75, 3.05) is 0 Å². The average molecular weight is 201 g/mol. The number of nitrogens with zero attached hydrogens (tertiary/aromatic N) is 1. The highest BCUT2D eigenvalue weighted by Gasteiger charge is 2.06. The summed E-state index contributed by atoms with van der Waals surface area (Å²) in [4.78, 5) is 4.33. The summed E-state index contributed by atoms with van der Waals surface area (Å²) in [5.74, 6) is 0. The molecule has 2 rings (SSSR count). The van der Waals surface area contributed by atoms with E-state index in [2.05, 4.69) is 17.1 Å². The number of fused-ring (bicyclic) bond motifs is 1. The van der Waals surface area contributed by atoms with Crippen molar-refractivity contribution in [1.82, 2.24) is 4.98 Å². The minimum Gasteiger partial charge on any atom is -0.393 e. The second-order valence-corrected chi connectivity index (χ2v) is 3.74. The van der Waals surface area contributed by atoms with Crippen molar-refractivity contribution < 1.29 is 5.11 Å². The van der Waals surface area contributed by atoms with Gasteiger partial charge in [-0.3, -0.25) is 4.98 Å². The maximum Gasteiger partial charge on any atom is 0.0593 e. The van der Waals surface area contributed by atoms with E-state index in [-0.39, 0.29) is 6.10 Å². The van der Waals surface area contributed by atoms with Crippen LogP contribution in [0.1, 0.15) is 19.0 Å². The van der Waals surface area contributed by atoms with Gasteiger partial charge in [0.15, 0.2) is 0 Å². The van der Waals surface area contributed by atoms with Gasteiger partial charge in [0.2, 0.25) is 0 Å². The Morgan fingerprint density at radius 3 is 2.87 bits per heavy atom. The van der Waals surface area contributed by atoms with Gasteiger partial charge in [-0.25, -0.2) is 0 Å². The fraction of sp³-hybridized carbons (Fsp3) is 0.308. The van der Waals surface area contributed by atoms with Crippen molar-refractivity contribution in [3.63, 3.8) is 0 Å². The fourth-order valence-electron chi connectivity index (χ4n) is 1.71. The number of rotatable bonds is 3. The van der Waals surface area contributed by atoms with Crippen LogP contribution in [-0.2, 0) is 6.42 Å². The van der Waals surface area contributed by atoms with Gasteiger partial charge in [-0.2, -0.15) is 0 Å². The number of hydrogen-bond acceptors (Lipinski definition) is 2. The second kappa shape index (κ2) is 4.41. The molecule has 0 aliphatic carbocycles. The smallest absolute Gasteiger partial charge is 0.0593 e. The molecule has 0 amide bonds. The van der Waals surface area contributed by atoms with Gasteiger partial charge in [0.1, 0.15) is 0 Å². The molecule has 0 fully saturated rings. The third kappa shape index (κ3) is 2.16. The summed E-state index contributed by atoms with van der Waals surface area (Å²) in [6.07, 6.45) is 2.92. The summed E-state index contributed by atoms with van der Waals surface area (Å²) in [5, 5.41) is 12.0. The zero-order valence-electron chi connectivity index (χ0n) is 8.85. The molecule has 15 heavy (non-hydrogen) atoms. The SMILES string of the molecule is CCC(O)Cc1nccc2ccccc12. The fourth-order valence-corrected chi connectivity index (χ4v) is 1.71. The number of benzene rings is 1. The van der Waals surface area contributed by atoms with Gasteiger partial charge in [-0.1, -0.05) is 31.2 Å². The standard InChI is InChI=1S/C13H15NO/c1-2-11(15)9-13-12-6-4-3-5-10(12)7-8-14-13/h3-8,11,15H,2,9H2,1H3. The molecule has 2 aromatic rings. The molecule has 0 aliphatic heterocycles. The third-order valence-corrected chi connectivity index (χ3v) is 2.66. The zero-order valence-corrected chi connectivity index (χ0v) is 8.85. The second-order valence-electron chi connectivity index (χ2n) is 3.74. The first-order valence-corrected chi connectivity index (χ1v) is 5.32. The third-order valence-electron chi connectivity index (χ3n) is 2.66.